The predicted molar refractivity (Wildman–Crippen MR) is 106 cm³/mol. The lowest BCUT2D eigenvalue weighted by atomic mass is 9.99. The number of sulfonamides is 1. The summed E-state index contributed by atoms with van der Waals surface area (Å²) in [5.41, 5.74) is 1.78. The molecule has 0 spiro atoms. The SMILES string of the molecule is CCC(C)c1ccc(S(=O)(=O)N2CCN(C(=O)c3ccccc3)CC2)cc1. The number of hydrogen-bond acceptors (Lipinski definition) is 3. The zero-order valence-electron chi connectivity index (χ0n) is 15.8. The third-order valence-electron chi connectivity index (χ3n) is 5.25. The lowest BCUT2D eigenvalue weighted by Crippen LogP contribution is -2.50. The molecule has 0 saturated carbocycles. The highest BCUT2D eigenvalue weighted by Gasteiger charge is 2.30. The van der Waals surface area contributed by atoms with Crippen LogP contribution < -0.4 is 0 Å². The molecule has 1 atom stereocenters. The highest BCUT2D eigenvalue weighted by Crippen LogP contribution is 2.23. The molecule has 0 aromatic heterocycles. The molecule has 0 bridgehead atoms. The first-order valence-corrected chi connectivity index (χ1v) is 10.8. The lowest BCUT2D eigenvalue weighted by molar-refractivity contribution is 0.0698. The van der Waals surface area contributed by atoms with E-state index in [1.165, 1.54) is 4.31 Å². The minimum absolute atomic E-state index is 0.0504. The van der Waals surface area contributed by atoms with Gasteiger partial charge in [0.1, 0.15) is 0 Å². The largest absolute Gasteiger partial charge is 0.336 e. The van der Waals surface area contributed by atoms with Gasteiger partial charge >= 0.3 is 0 Å². The summed E-state index contributed by atoms with van der Waals surface area (Å²) in [6.07, 6.45) is 1.02. The Morgan fingerprint density at radius 1 is 0.963 bits per heavy atom. The van der Waals surface area contributed by atoms with E-state index in [4.69, 9.17) is 0 Å². The summed E-state index contributed by atoms with van der Waals surface area (Å²) >= 11 is 0. The fourth-order valence-electron chi connectivity index (χ4n) is 3.25. The molecule has 3 rings (SSSR count). The van der Waals surface area contributed by atoms with Gasteiger partial charge in [0.05, 0.1) is 4.90 Å². The third-order valence-corrected chi connectivity index (χ3v) is 7.16. The van der Waals surface area contributed by atoms with Crippen LogP contribution in [0.5, 0.6) is 0 Å². The Kier molecular flexibility index (Phi) is 5.97. The summed E-state index contributed by atoms with van der Waals surface area (Å²) < 4.78 is 27.3. The Hall–Kier alpha value is -2.18. The van der Waals surface area contributed by atoms with Crippen molar-refractivity contribution < 1.29 is 13.2 Å². The lowest BCUT2D eigenvalue weighted by Gasteiger charge is -2.34. The number of piperazine rings is 1. The van der Waals surface area contributed by atoms with Gasteiger partial charge in [0, 0.05) is 31.7 Å². The summed E-state index contributed by atoms with van der Waals surface area (Å²) in [5.74, 6) is 0.361. The van der Waals surface area contributed by atoms with Crippen LogP contribution in [0.25, 0.3) is 0 Å². The second kappa shape index (κ2) is 8.23. The van der Waals surface area contributed by atoms with Crippen molar-refractivity contribution in [3.05, 3.63) is 65.7 Å². The molecule has 5 nitrogen and oxygen atoms in total. The molecule has 1 heterocycles. The van der Waals surface area contributed by atoms with Crippen LogP contribution in [-0.4, -0.2) is 49.7 Å². The van der Waals surface area contributed by atoms with Gasteiger partial charge in [0.15, 0.2) is 0 Å². The van der Waals surface area contributed by atoms with Crippen molar-refractivity contribution in [1.29, 1.82) is 0 Å². The van der Waals surface area contributed by atoms with E-state index in [2.05, 4.69) is 13.8 Å². The van der Waals surface area contributed by atoms with Gasteiger partial charge in [-0.2, -0.15) is 4.31 Å². The van der Waals surface area contributed by atoms with Crippen molar-refractivity contribution in [3.8, 4) is 0 Å². The molecule has 0 N–H and O–H groups in total. The number of benzene rings is 2. The molecule has 1 fully saturated rings. The Labute approximate surface area is 161 Å². The monoisotopic (exact) mass is 386 g/mol. The number of carbonyl (C=O) groups excluding carboxylic acids is 1. The van der Waals surface area contributed by atoms with E-state index in [9.17, 15) is 13.2 Å². The van der Waals surface area contributed by atoms with E-state index in [0.29, 0.717) is 42.6 Å². The molecule has 144 valence electrons. The second-order valence-electron chi connectivity index (χ2n) is 6.94. The van der Waals surface area contributed by atoms with Crippen LogP contribution in [0.15, 0.2) is 59.5 Å². The number of nitrogens with zero attached hydrogens (tertiary/aromatic N) is 2. The maximum Gasteiger partial charge on any atom is 0.253 e. The van der Waals surface area contributed by atoms with Crippen LogP contribution >= 0.6 is 0 Å². The summed E-state index contributed by atoms with van der Waals surface area (Å²) in [6, 6.07) is 16.3. The minimum Gasteiger partial charge on any atom is -0.336 e. The molecule has 2 aromatic rings. The summed E-state index contributed by atoms with van der Waals surface area (Å²) in [4.78, 5) is 14.5. The van der Waals surface area contributed by atoms with E-state index < -0.39 is 10.0 Å². The average Bonchev–Trinajstić information content (AvgIpc) is 2.73. The molecule has 1 amide bonds. The van der Waals surface area contributed by atoms with E-state index in [0.717, 1.165) is 12.0 Å². The van der Waals surface area contributed by atoms with E-state index in [1.54, 1.807) is 29.2 Å². The first-order chi connectivity index (χ1) is 12.9. The first-order valence-electron chi connectivity index (χ1n) is 9.38. The standard InChI is InChI=1S/C21H26N2O3S/c1-3-17(2)18-9-11-20(12-10-18)27(25,26)23-15-13-22(14-16-23)21(24)19-7-5-4-6-8-19/h4-12,17H,3,13-16H2,1-2H3. The fraction of sp³-hybridized carbons (Fsp3) is 0.381. The van der Waals surface area contributed by atoms with Gasteiger partial charge in [0.2, 0.25) is 10.0 Å². The van der Waals surface area contributed by atoms with Crippen molar-refractivity contribution >= 4 is 15.9 Å². The van der Waals surface area contributed by atoms with Gasteiger partial charge in [0.25, 0.3) is 5.91 Å². The van der Waals surface area contributed by atoms with E-state index in [-0.39, 0.29) is 5.91 Å². The van der Waals surface area contributed by atoms with Crippen molar-refractivity contribution in [2.75, 3.05) is 26.2 Å². The van der Waals surface area contributed by atoms with Gasteiger partial charge in [-0.25, -0.2) is 8.42 Å². The molecule has 1 aliphatic heterocycles. The Balaban J connectivity index is 1.67. The topological polar surface area (TPSA) is 57.7 Å². The zero-order valence-corrected chi connectivity index (χ0v) is 16.7. The molecule has 0 radical (unpaired) electrons. The Bertz CT molecular complexity index is 871. The highest BCUT2D eigenvalue weighted by atomic mass is 32.2. The average molecular weight is 387 g/mol. The molecule has 1 saturated heterocycles. The number of carbonyl (C=O) groups is 1. The highest BCUT2D eigenvalue weighted by molar-refractivity contribution is 7.89. The maximum atomic E-state index is 12.9. The Morgan fingerprint density at radius 3 is 2.11 bits per heavy atom. The van der Waals surface area contributed by atoms with Crippen molar-refractivity contribution in [2.24, 2.45) is 0 Å². The van der Waals surface area contributed by atoms with Gasteiger partial charge < -0.3 is 4.90 Å². The maximum absolute atomic E-state index is 12.9. The van der Waals surface area contributed by atoms with Gasteiger partial charge in [-0.15, -0.1) is 0 Å². The smallest absolute Gasteiger partial charge is 0.253 e. The molecular formula is C21H26N2O3S. The molecule has 0 aliphatic carbocycles. The van der Waals surface area contributed by atoms with Gasteiger partial charge in [-0.1, -0.05) is 44.2 Å². The summed E-state index contributed by atoms with van der Waals surface area (Å²) in [5, 5.41) is 0. The normalized spacial score (nSPS) is 16.9. The quantitative estimate of drug-likeness (QED) is 0.792. The second-order valence-corrected chi connectivity index (χ2v) is 8.88. The van der Waals surface area contributed by atoms with Crippen LogP contribution in [0, 0.1) is 0 Å². The van der Waals surface area contributed by atoms with Gasteiger partial charge in [-0.3, -0.25) is 4.79 Å². The molecule has 27 heavy (non-hydrogen) atoms. The molecule has 6 heteroatoms. The van der Waals surface area contributed by atoms with Gasteiger partial charge in [-0.05, 0) is 42.2 Å². The van der Waals surface area contributed by atoms with Crippen LogP contribution in [0.4, 0.5) is 0 Å². The van der Waals surface area contributed by atoms with Crippen LogP contribution in [-0.2, 0) is 10.0 Å². The van der Waals surface area contributed by atoms with Crippen molar-refractivity contribution in [1.82, 2.24) is 9.21 Å². The molecule has 1 unspecified atom stereocenters. The number of rotatable bonds is 5. The fourth-order valence-corrected chi connectivity index (χ4v) is 4.67. The van der Waals surface area contributed by atoms with Crippen LogP contribution in [0.3, 0.4) is 0 Å². The molecule has 1 aliphatic rings. The zero-order chi connectivity index (χ0) is 19.4. The number of amides is 1. The van der Waals surface area contributed by atoms with Crippen molar-refractivity contribution in [3.63, 3.8) is 0 Å². The molecule has 2 aromatic carbocycles. The first kappa shape index (κ1) is 19.6. The van der Waals surface area contributed by atoms with Crippen LogP contribution in [0.2, 0.25) is 0 Å². The predicted octanol–water partition coefficient (Wildman–Crippen LogP) is 3.35. The van der Waals surface area contributed by atoms with Crippen LogP contribution in [0.1, 0.15) is 42.1 Å². The Morgan fingerprint density at radius 2 is 1.56 bits per heavy atom. The molecular weight excluding hydrogens is 360 g/mol. The van der Waals surface area contributed by atoms with Crippen molar-refractivity contribution in [2.45, 2.75) is 31.1 Å². The van der Waals surface area contributed by atoms with E-state index >= 15 is 0 Å². The summed E-state index contributed by atoms with van der Waals surface area (Å²) in [6.45, 7) is 5.68. The third kappa shape index (κ3) is 4.22. The van der Waals surface area contributed by atoms with E-state index in [1.807, 2.05) is 30.3 Å². The minimum atomic E-state index is -3.53. The summed E-state index contributed by atoms with van der Waals surface area (Å²) in [7, 11) is -3.53. The number of hydrogen-bond donors (Lipinski definition) is 0.